The number of fused-ring (bicyclic) bond motifs is 1. The average molecular weight is 380 g/mol. The fraction of sp³-hybridized carbons (Fsp3) is 0.200. The molecule has 0 radical (unpaired) electrons. The molecule has 0 saturated carbocycles. The van der Waals surface area contributed by atoms with Crippen molar-refractivity contribution in [1.29, 1.82) is 0 Å². The molecule has 27 heavy (non-hydrogen) atoms. The van der Waals surface area contributed by atoms with Crippen LogP contribution in [0.25, 0.3) is 10.6 Å². The van der Waals surface area contributed by atoms with Crippen LogP contribution in [0.3, 0.4) is 0 Å². The van der Waals surface area contributed by atoms with Gasteiger partial charge in [0.15, 0.2) is 17.5 Å². The van der Waals surface area contributed by atoms with Gasteiger partial charge in [0.2, 0.25) is 0 Å². The number of benzene rings is 2. The van der Waals surface area contributed by atoms with Gasteiger partial charge in [-0.25, -0.2) is 9.98 Å². The molecule has 3 aromatic rings. The third-order valence-corrected chi connectivity index (χ3v) is 4.94. The standard InChI is InChI=1S/C20H20N4O2S/c21-20(24-15-7-8-17-18(11-15)26-10-4-9-25-17)22-12-16-13-27-19(23-16)14-5-2-1-3-6-14/h1-3,5-8,11,13H,4,9-10,12H2,(H3,21,22,24). The molecule has 7 heteroatoms. The maximum absolute atomic E-state index is 6.02. The van der Waals surface area contributed by atoms with Gasteiger partial charge in [0.05, 0.1) is 25.5 Å². The van der Waals surface area contributed by atoms with Crippen LogP contribution >= 0.6 is 11.3 Å². The first-order valence-electron chi connectivity index (χ1n) is 8.74. The van der Waals surface area contributed by atoms with E-state index in [-0.39, 0.29) is 0 Å². The van der Waals surface area contributed by atoms with E-state index in [1.165, 1.54) is 0 Å². The lowest BCUT2D eigenvalue weighted by Crippen LogP contribution is -2.22. The number of aliphatic imine (C=N–C) groups is 1. The maximum Gasteiger partial charge on any atom is 0.193 e. The van der Waals surface area contributed by atoms with Crippen LogP contribution in [0, 0.1) is 0 Å². The molecule has 0 aliphatic carbocycles. The monoisotopic (exact) mass is 380 g/mol. The number of ether oxygens (including phenoxy) is 2. The molecule has 0 spiro atoms. The molecule has 3 N–H and O–H groups in total. The Morgan fingerprint density at radius 1 is 1.11 bits per heavy atom. The summed E-state index contributed by atoms with van der Waals surface area (Å²) in [5, 5.41) is 6.08. The summed E-state index contributed by atoms with van der Waals surface area (Å²) in [6.45, 7) is 1.74. The Hall–Kier alpha value is -3.06. The number of hydrogen-bond acceptors (Lipinski definition) is 5. The van der Waals surface area contributed by atoms with E-state index < -0.39 is 0 Å². The number of anilines is 1. The summed E-state index contributed by atoms with van der Waals surface area (Å²) in [7, 11) is 0. The first-order valence-corrected chi connectivity index (χ1v) is 9.62. The highest BCUT2D eigenvalue weighted by atomic mass is 32.1. The number of rotatable bonds is 4. The lowest BCUT2D eigenvalue weighted by Gasteiger charge is -2.10. The van der Waals surface area contributed by atoms with Crippen LogP contribution in [0.4, 0.5) is 5.69 Å². The molecule has 1 aromatic heterocycles. The Bertz CT molecular complexity index is 940. The minimum absolute atomic E-state index is 0.332. The molecule has 2 aromatic carbocycles. The zero-order valence-corrected chi connectivity index (χ0v) is 15.5. The average Bonchev–Trinajstić information content (AvgIpc) is 3.05. The Morgan fingerprint density at radius 2 is 1.93 bits per heavy atom. The van der Waals surface area contributed by atoms with E-state index in [0.29, 0.717) is 25.7 Å². The summed E-state index contributed by atoms with van der Waals surface area (Å²) in [6.07, 6.45) is 0.875. The van der Waals surface area contributed by atoms with E-state index in [1.807, 2.05) is 53.9 Å². The number of nitrogens with one attached hydrogen (secondary N) is 1. The van der Waals surface area contributed by atoms with Gasteiger partial charge in [0.25, 0.3) is 0 Å². The molecule has 0 fully saturated rings. The molecule has 0 saturated heterocycles. The number of thiazole rings is 1. The van der Waals surface area contributed by atoms with Crippen molar-refractivity contribution in [3.05, 3.63) is 59.6 Å². The molecule has 1 aliphatic heterocycles. The van der Waals surface area contributed by atoms with Gasteiger partial charge < -0.3 is 20.5 Å². The van der Waals surface area contributed by atoms with Crippen LogP contribution in [-0.2, 0) is 6.54 Å². The predicted octanol–water partition coefficient (Wildman–Crippen LogP) is 3.90. The van der Waals surface area contributed by atoms with Crippen molar-refractivity contribution in [2.45, 2.75) is 13.0 Å². The summed E-state index contributed by atoms with van der Waals surface area (Å²) in [5.74, 6) is 1.81. The zero-order chi connectivity index (χ0) is 18.5. The van der Waals surface area contributed by atoms with Crippen LogP contribution < -0.4 is 20.5 Å². The molecule has 0 bridgehead atoms. The number of hydrogen-bond donors (Lipinski definition) is 2. The quantitative estimate of drug-likeness (QED) is 0.530. The number of nitrogens with zero attached hydrogens (tertiary/aromatic N) is 2. The van der Waals surface area contributed by atoms with Crippen molar-refractivity contribution in [3.63, 3.8) is 0 Å². The first kappa shape index (κ1) is 17.4. The molecule has 1 aliphatic rings. The molecule has 0 atom stereocenters. The molecule has 0 unspecified atom stereocenters. The van der Waals surface area contributed by atoms with E-state index in [2.05, 4.69) is 15.3 Å². The van der Waals surface area contributed by atoms with Crippen molar-refractivity contribution >= 4 is 23.0 Å². The lowest BCUT2D eigenvalue weighted by molar-refractivity contribution is 0.297. The van der Waals surface area contributed by atoms with Gasteiger partial charge in [-0.05, 0) is 12.1 Å². The van der Waals surface area contributed by atoms with Crippen molar-refractivity contribution in [2.24, 2.45) is 10.7 Å². The second-order valence-corrected chi connectivity index (χ2v) is 6.91. The van der Waals surface area contributed by atoms with Crippen LogP contribution in [0.1, 0.15) is 12.1 Å². The molecule has 6 nitrogen and oxygen atoms in total. The largest absolute Gasteiger partial charge is 0.490 e. The van der Waals surface area contributed by atoms with Crippen LogP contribution in [0.15, 0.2) is 58.9 Å². The second kappa shape index (κ2) is 8.09. The Labute approximate surface area is 161 Å². The zero-order valence-electron chi connectivity index (χ0n) is 14.7. The third-order valence-electron chi connectivity index (χ3n) is 4.00. The smallest absolute Gasteiger partial charge is 0.193 e. The number of nitrogens with two attached hydrogens (primary N) is 1. The summed E-state index contributed by atoms with van der Waals surface area (Å²) in [5.41, 5.74) is 8.83. The van der Waals surface area contributed by atoms with Crippen molar-refractivity contribution in [2.75, 3.05) is 18.5 Å². The Morgan fingerprint density at radius 3 is 2.78 bits per heavy atom. The number of guanidine groups is 1. The Kier molecular flexibility index (Phi) is 5.20. The normalized spacial score (nSPS) is 13.9. The summed E-state index contributed by atoms with van der Waals surface area (Å²) >= 11 is 1.60. The van der Waals surface area contributed by atoms with Gasteiger partial charge >= 0.3 is 0 Å². The maximum atomic E-state index is 6.02. The van der Waals surface area contributed by atoms with Crippen LogP contribution in [0.2, 0.25) is 0 Å². The van der Waals surface area contributed by atoms with E-state index in [1.54, 1.807) is 11.3 Å². The van der Waals surface area contributed by atoms with E-state index in [0.717, 1.165) is 39.9 Å². The first-order chi connectivity index (χ1) is 13.3. The minimum atomic E-state index is 0.332. The molecule has 2 heterocycles. The highest BCUT2D eigenvalue weighted by Crippen LogP contribution is 2.32. The van der Waals surface area contributed by atoms with Gasteiger partial charge in [-0.15, -0.1) is 11.3 Å². The topological polar surface area (TPSA) is 81.8 Å². The SMILES string of the molecule is NC(=NCc1csc(-c2ccccc2)n1)Nc1ccc2c(c1)OCCCO2. The van der Waals surface area contributed by atoms with Crippen LogP contribution in [0.5, 0.6) is 11.5 Å². The lowest BCUT2D eigenvalue weighted by atomic mass is 10.2. The fourth-order valence-corrected chi connectivity index (χ4v) is 3.50. The summed E-state index contributed by atoms with van der Waals surface area (Å²) in [6, 6.07) is 15.7. The highest BCUT2D eigenvalue weighted by molar-refractivity contribution is 7.13. The summed E-state index contributed by atoms with van der Waals surface area (Å²) < 4.78 is 11.3. The molecular formula is C20H20N4O2S. The molecular weight excluding hydrogens is 360 g/mol. The summed E-state index contributed by atoms with van der Waals surface area (Å²) in [4.78, 5) is 9.00. The van der Waals surface area contributed by atoms with Gasteiger partial charge in [0.1, 0.15) is 5.01 Å². The second-order valence-electron chi connectivity index (χ2n) is 6.05. The highest BCUT2D eigenvalue weighted by Gasteiger charge is 2.11. The fourth-order valence-electron chi connectivity index (χ4n) is 2.69. The number of aromatic nitrogens is 1. The van der Waals surface area contributed by atoms with E-state index in [4.69, 9.17) is 15.2 Å². The minimum Gasteiger partial charge on any atom is -0.490 e. The molecule has 138 valence electrons. The van der Waals surface area contributed by atoms with Gasteiger partial charge in [-0.1, -0.05) is 30.3 Å². The van der Waals surface area contributed by atoms with Crippen molar-refractivity contribution in [1.82, 2.24) is 4.98 Å². The molecule has 4 rings (SSSR count). The van der Waals surface area contributed by atoms with Crippen molar-refractivity contribution in [3.8, 4) is 22.1 Å². The van der Waals surface area contributed by atoms with Gasteiger partial charge in [0, 0.05) is 29.1 Å². The third kappa shape index (κ3) is 4.38. The van der Waals surface area contributed by atoms with Crippen molar-refractivity contribution < 1.29 is 9.47 Å². The van der Waals surface area contributed by atoms with E-state index in [9.17, 15) is 0 Å². The van der Waals surface area contributed by atoms with Gasteiger partial charge in [-0.2, -0.15) is 0 Å². The van der Waals surface area contributed by atoms with Crippen LogP contribution in [-0.4, -0.2) is 24.2 Å². The Balaban J connectivity index is 1.40. The predicted molar refractivity (Wildman–Crippen MR) is 109 cm³/mol. The van der Waals surface area contributed by atoms with Gasteiger partial charge in [-0.3, -0.25) is 0 Å². The molecule has 0 amide bonds. The van der Waals surface area contributed by atoms with E-state index >= 15 is 0 Å².